The lowest BCUT2D eigenvalue weighted by Crippen LogP contribution is -1.80. The van der Waals surface area contributed by atoms with Gasteiger partial charge in [-0.15, -0.1) is 0 Å². The van der Waals surface area contributed by atoms with Crippen LogP contribution in [0, 0.1) is 0 Å². The SMILES string of the molecule is Oc1ccc(Br)cc1.Oc1ccc(Br)cc1.c1ccc2nc3ccccc3cc2c1.c1ccc2nc3ccccc3cc2c1.c1ccc2nc3ccccc3cc2c1.c1ccc2nc3ccccc3cc2c1. The number of pyridine rings is 4. The van der Waals surface area contributed by atoms with Gasteiger partial charge in [-0.1, -0.05) is 177 Å². The number of nitrogens with zero attached hydrogens (tertiary/aromatic N) is 4. The van der Waals surface area contributed by atoms with E-state index in [0.717, 1.165) is 53.1 Å². The number of para-hydroxylation sites is 8. The third kappa shape index (κ3) is 13.0. The molecule has 4 aromatic heterocycles. The highest BCUT2D eigenvalue weighted by atomic mass is 79.9. The number of hydrogen-bond donors (Lipinski definition) is 2. The van der Waals surface area contributed by atoms with Gasteiger partial charge in [0.2, 0.25) is 0 Å². The van der Waals surface area contributed by atoms with Crippen LogP contribution in [0.4, 0.5) is 0 Å². The molecule has 0 bridgehead atoms. The van der Waals surface area contributed by atoms with E-state index >= 15 is 0 Å². The number of rotatable bonds is 0. The topological polar surface area (TPSA) is 92.0 Å². The Labute approximate surface area is 433 Å². The van der Waals surface area contributed by atoms with Gasteiger partial charge in [0.15, 0.2) is 0 Å². The van der Waals surface area contributed by atoms with Crippen molar-refractivity contribution in [2.75, 3.05) is 0 Å². The van der Waals surface area contributed by atoms with Crippen LogP contribution in [0.2, 0.25) is 0 Å². The van der Waals surface area contributed by atoms with Crippen LogP contribution in [0.3, 0.4) is 0 Å². The summed E-state index contributed by atoms with van der Waals surface area (Å²) in [7, 11) is 0. The molecule has 0 aliphatic carbocycles. The highest BCUT2D eigenvalue weighted by Gasteiger charge is 2.00. The molecule has 0 unspecified atom stereocenters. The van der Waals surface area contributed by atoms with E-state index in [4.69, 9.17) is 10.2 Å². The van der Waals surface area contributed by atoms with Crippen LogP contribution in [-0.2, 0) is 0 Å². The van der Waals surface area contributed by atoms with Gasteiger partial charge in [-0.05, 0) is 121 Å². The standard InChI is InChI=1S/4C13H9N.2C6H5BrO/c4*1-3-7-12-10(5-1)9-11-6-2-4-8-13(11)14-12;2*7-5-1-3-6(8)4-2-5/h4*1-9H;2*1-4,8H. The number of fused-ring (bicyclic) bond motifs is 8. The molecule has 0 aliphatic rings. The van der Waals surface area contributed by atoms with Gasteiger partial charge in [-0.25, -0.2) is 19.9 Å². The van der Waals surface area contributed by atoms with Gasteiger partial charge in [0.05, 0.1) is 44.1 Å². The van der Waals surface area contributed by atoms with Crippen molar-refractivity contribution in [1.82, 2.24) is 19.9 Å². The monoisotopic (exact) mass is 1060 g/mol. The average molecular weight is 1060 g/mol. The number of halogens is 2. The summed E-state index contributed by atoms with van der Waals surface area (Å²) in [5.41, 5.74) is 8.49. The second kappa shape index (κ2) is 23.8. The highest BCUT2D eigenvalue weighted by molar-refractivity contribution is 9.10. The molecule has 2 N–H and O–H groups in total. The zero-order chi connectivity index (χ0) is 49.5. The Morgan fingerprint density at radius 1 is 0.208 bits per heavy atom. The van der Waals surface area contributed by atoms with Gasteiger partial charge in [-0.3, -0.25) is 0 Å². The Balaban J connectivity index is 0.000000108. The Morgan fingerprint density at radius 2 is 0.361 bits per heavy atom. The van der Waals surface area contributed by atoms with Crippen LogP contribution in [0.1, 0.15) is 0 Å². The van der Waals surface area contributed by atoms with E-state index in [1.165, 1.54) is 43.1 Å². The molecule has 0 spiro atoms. The Hall–Kier alpha value is -8.56. The second-order valence-corrected chi connectivity index (χ2v) is 18.3. The molecular weight excluding hydrogens is 1020 g/mol. The van der Waals surface area contributed by atoms with Crippen molar-refractivity contribution in [3.05, 3.63) is 276 Å². The lowest BCUT2D eigenvalue weighted by molar-refractivity contribution is 0.474. The summed E-state index contributed by atoms with van der Waals surface area (Å²) in [6.07, 6.45) is 0. The summed E-state index contributed by atoms with van der Waals surface area (Å²) in [4.78, 5) is 18.3. The van der Waals surface area contributed by atoms with Gasteiger partial charge in [0.1, 0.15) is 11.5 Å². The number of phenols is 2. The fraction of sp³-hybridized carbons (Fsp3) is 0. The zero-order valence-corrected chi connectivity index (χ0v) is 42.0. The van der Waals surface area contributed by atoms with Crippen molar-refractivity contribution in [2.24, 2.45) is 0 Å². The summed E-state index contributed by atoms with van der Waals surface area (Å²) >= 11 is 6.47. The summed E-state index contributed by atoms with van der Waals surface area (Å²) in [5, 5.41) is 27.1. The van der Waals surface area contributed by atoms with E-state index in [1.54, 1.807) is 48.5 Å². The van der Waals surface area contributed by atoms with Crippen LogP contribution in [0.5, 0.6) is 11.5 Å². The molecule has 8 heteroatoms. The minimum Gasteiger partial charge on any atom is -0.508 e. The summed E-state index contributed by atoms with van der Waals surface area (Å²) < 4.78 is 1.96. The Bertz CT molecular complexity index is 3110. The van der Waals surface area contributed by atoms with Crippen LogP contribution in [-0.4, -0.2) is 30.1 Å². The van der Waals surface area contributed by atoms with E-state index < -0.39 is 0 Å². The Kier molecular flexibility index (Phi) is 16.0. The van der Waals surface area contributed by atoms with E-state index in [0.29, 0.717) is 11.5 Å². The first kappa shape index (κ1) is 48.5. The zero-order valence-electron chi connectivity index (χ0n) is 38.8. The summed E-state index contributed by atoms with van der Waals surface area (Å²) in [5.74, 6) is 0.599. The van der Waals surface area contributed by atoms with Crippen molar-refractivity contribution < 1.29 is 10.2 Å². The van der Waals surface area contributed by atoms with Crippen molar-refractivity contribution in [2.45, 2.75) is 0 Å². The minimum absolute atomic E-state index is 0.299. The number of hydrogen-bond acceptors (Lipinski definition) is 6. The normalized spacial score (nSPS) is 10.5. The van der Waals surface area contributed by atoms with Gasteiger partial charge in [0.25, 0.3) is 0 Å². The van der Waals surface area contributed by atoms with Gasteiger partial charge >= 0.3 is 0 Å². The fourth-order valence-electron chi connectivity index (χ4n) is 7.76. The van der Waals surface area contributed by atoms with E-state index in [9.17, 15) is 0 Å². The van der Waals surface area contributed by atoms with E-state index in [1.807, 2.05) is 146 Å². The molecule has 0 fully saturated rings. The molecule has 14 rings (SSSR count). The third-order valence-corrected chi connectivity index (χ3v) is 12.4. The van der Waals surface area contributed by atoms with Crippen LogP contribution in [0.25, 0.3) is 87.2 Å². The first-order valence-corrected chi connectivity index (χ1v) is 24.8. The van der Waals surface area contributed by atoms with Crippen molar-refractivity contribution in [3.63, 3.8) is 0 Å². The Morgan fingerprint density at radius 3 is 0.514 bits per heavy atom. The van der Waals surface area contributed by atoms with Crippen LogP contribution < -0.4 is 0 Å². The van der Waals surface area contributed by atoms with Gasteiger partial charge in [-0.2, -0.15) is 0 Å². The molecule has 6 nitrogen and oxygen atoms in total. The number of phenolic OH excluding ortho intramolecular Hbond substituents is 2. The van der Waals surface area contributed by atoms with Gasteiger partial charge in [0, 0.05) is 52.0 Å². The molecule has 72 heavy (non-hydrogen) atoms. The molecule has 348 valence electrons. The molecule has 14 aromatic rings. The average Bonchev–Trinajstić information content (AvgIpc) is 3.43. The molecule has 0 atom stereocenters. The van der Waals surface area contributed by atoms with Crippen molar-refractivity contribution >= 4 is 119 Å². The smallest absolute Gasteiger partial charge is 0.115 e. The molecule has 0 saturated heterocycles. The molecule has 10 aromatic carbocycles. The molecule has 0 aliphatic heterocycles. The van der Waals surface area contributed by atoms with Gasteiger partial charge < -0.3 is 10.2 Å². The summed E-state index contributed by atoms with van der Waals surface area (Å²) in [6.45, 7) is 0. The van der Waals surface area contributed by atoms with E-state index in [2.05, 4.69) is 125 Å². The maximum absolute atomic E-state index is 8.74. The predicted octanol–water partition coefficient (Wildman–Crippen LogP) is 17.9. The maximum Gasteiger partial charge on any atom is 0.115 e. The van der Waals surface area contributed by atoms with E-state index in [-0.39, 0.29) is 0 Å². The largest absolute Gasteiger partial charge is 0.508 e. The van der Waals surface area contributed by atoms with Crippen LogP contribution in [0.15, 0.2) is 276 Å². The molecule has 4 heterocycles. The lowest BCUT2D eigenvalue weighted by Gasteiger charge is -1.99. The minimum atomic E-state index is 0.299. The van der Waals surface area contributed by atoms with Crippen LogP contribution >= 0.6 is 31.9 Å². The quantitative estimate of drug-likeness (QED) is 0.147. The fourth-order valence-corrected chi connectivity index (χ4v) is 8.29. The molecular formula is C64H46Br2N4O2. The van der Waals surface area contributed by atoms with Crippen molar-refractivity contribution in [1.29, 1.82) is 0 Å². The number of aromatic nitrogens is 4. The molecule has 0 radical (unpaired) electrons. The highest BCUT2D eigenvalue weighted by Crippen LogP contribution is 2.23. The first-order valence-electron chi connectivity index (χ1n) is 23.2. The molecule has 0 amide bonds. The number of benzene rings is 10. The summed E-state index contributed by atoms with van der Waals surface area (Å²) in [6, 6.07) is 87.9. The lowest BCUT2D eigenvalue weighted by atomic mass is 10.1. The third-order valence-electron chi connectivity index (χ3n) is 11.4. The maximum atomic E-state index is 8.74. The van der Waals surface area contributed by atoms with Crippen molar-refractivity contribution in [3.8, 4) is 11.5 Å². The number of aromatic hydroxyl groups is 2. The second-order valence-electron chi connectivity index (χ2n) is 16.4. The molecule has 0 saturated carbocycles. The predicted molar refractivity (Wildman–Crippen MR) is 309 cm³/mol. The first-order chi connectivity index (χ1) is 35.3.